The molecule has 0 bridgehead atoms. The number of carbonyl (C=O) groups is 2. The summed E-state index contributed by atoms with van der Waals surface area (Å²) in [5, 5.41) is 3.07. The van der Waals surface area contributed by atoms with Crippen LogP contribution in [0.15, 0.2) is 0 Å². The van der Waals surface area contributed by atoms with Crippen molar-refractivity contribution in [1.82, 2.24) is 10.2 Å². The number of nitrogens with zero attached hydrogens (tertiary/aromatic N) is 1. The van der Waals surface area contributed by atoms with E-state index in [2.05, 4.69) is 5.32 Å². The van der Waals surface area contributed by atoms with Gasteiger partial charge in [-0.2, -0.15) is 0 Å². The van der Waals surface area contributed by atoms with Crippen LogP contribution < -0.4 is 5.32 Å². The summed E-state index contributed by atoms with van der Waals surface area (Å²) in [6, 6.07) is 0. The lowest BCUT2D eigenvalue weighted by Gasteiger charge is -2.21. The lowest BCUT2D eigenvalue weighted by Crippen LogP contribution is -2.35. The minimum absolute atomic E-state index is 0.229. The molecule has 1 saturated heterocycles. The summed E-state index contributed by atoms with van der Waals surface area (Å²) in [7, 11) is 0. The molecule has 2 amide bonds. The largest absolute Gasteiger partial charge is 0.356 e. The highest BCUT2D eigenvalue weighted by molar-refractivity contribution is 5.78. The molecule has 2 aliphatic rings. The lowest BCUT2D eigenvalue weighted by molar-refractivity contribution is -0.130. The van der Waals surface area contributed by atoms with Gasteiger partial charge in [-0.1, -0.05) is 32.1 Å². The summed E-state index contributed by atoms with van der Waals surface area (Å²) in [6.45, 7) is 2.40. The summed E-state index contributed by atoms with van der Waals surface area (Å²) in [5.41, 5.74) is 0. The standard InChI is InChI=1S/C17H30N2O2/c20-16-11-6-3-7-13-19(16)14-8-12-18-17(21)15-9-4-1-2-5-10-15/h15H,1-14H2,(H,18,21). The molecule has 0 atom stereocenters. The first-order chi connectivity index (χ1) is 10.3. The smallest absolute Gasteiger partial charge is 0.223 e. The molecule has 1 aliphatic heterocycles. The van der Waals surface area contributed by atoms with Gasteiger partial charge in [0.05, 0.1) is 0 Å². The van der Waals surface area contributed by atoms with E-state index in [1.807, 2.05) is 4.90 Å². The Bertz CT molecular complexity index is 336. The third-order valence-corrected chi connectivity index (χ3v) is 4.80. The molecule has 1 N–H and O–H groups in total. The van der Waals surface area contributed by atoms with Crippen molar-refractivity contribution in [3.63, 3.8) is 0 Å². The van der Waals surface area contributed by atoms with Gasteiger partial charge in [-0.25, -0.2) is 0 Å². The minimum Gasteiger partial charge on any atom is -0.356 e. The second-order valence-corrected chi connectivity index (χ2v) is 6.52. The van der Waals surface area contributed by atoms with E-state index in [-0.39, 0.29) is 11.8 Å². The van der Waals surface area contributed by atoms with Crippen molar-refractivity contribution in [3.8, 4) is 0 Å². The Morgan fingerprint density at radius 1 is 1.05 bits per heavy atom. The van der Waals surface area contributed by atoms with Gasteiger partial charge in [0, 0.05) is 32.0 Å². The Morgan fingerprint density at radius 3 is 2.52 bits per heavy atom. The molecule has 4 heteroatoms. The summed E-state index contributed by atoms with van der Waals surface area (Å²) in [5.74, 6) is 0.758. The Kier molecular flexibility index (Phi) is 7.04. The molecular formula is C17H30N2O2. The van der Waals surface area contributed by atoms with Crippen molar-refractivity contribution in [3.05, 3.63) is 0 Å². The van der Waals surface area contributed by atoms with E-state index in [0.29, 0.717) is 18.9 Å². The maximum Gasteiger partial charge on any atom is 0.223 e. The SMILES string of the molecule is O=C(NCCCN1CCCCCC1=O)C1CCCCCC1. The van der Waals surface area contributed by atoms with Crippen LogP contribution in [-0.2, 0) is 9.59 Å². The highest BCUT2D eigenvalue weighted by atomic mass is 16.2. The van der Waals surface area contributed by atoms with E-state index in [0.717, 1.165) is 45.2 Å². The first-order valence-corrected chi connectivity index (χ1v) is 8.83. The second-order valence-electron chi connectivity index (χ2n) is 6.52. The van der Waals surface area contributed by atoms with Crippen molar-refractivity contribution in [1.29, 1.82) is 0 Å². The number of rotatable bonds is 5. The molecule has 0 aromatic carbocycles. The van der Waals surface area contributed by atoms with Crippen LogP contribution in [-0.4, -0.2) is 36.3 Å². The Balaban J connectivity index is 1.62. The number of nitrogens with one attached hydrogen (secondary N) is 1. The molecule has 2 fully saturated rings. The molecule has 1 heterocycles. The van der Waals surface area contributed by atoms with Crippen molar-refractivity contribution < 1.29 is 9.59 Å². The molecule has 0 unspecified atom stereocenters. The fourth-order valence-electron chi connectivity index (χ4n) is 3.44. The van der Waals surface area contributed by atoms with Crippen LogP contribution >= 0.6 is 0 Å². The first-order valence-electron chi connectivity index (χ1n) is 8.83. The predicted molar refractivity (Wildman–Crippen MR) is 83.9 cm³/mol. The van der Waals surface area contributed by atoms with E-state index in [1.165, 1.54) is 32.1 Å². The van der Waals surface area contributed by atoms with E-state index in [1.54, 1.807) is 0 Å². The molecule has 21 heavy (non-hydrogen) atoms. The predicted octanol–water partition coefficient (Wildman–Crippen LogP) is 2.87. The Hall–Kier alpha value is -1.06. The van der Waals surface area contributed by atoms with Gasteiger partial charge in [0.15, 0.2) is 0 Å². The van der Waals surface area contributed by atoms with Crippen LogP contribution in [0.5, 0.6) is 0 Å². The van der Waals surface area contributed by atoms with Crippen LogP contribution in [0.25, 0.3) is 0 Å². The van der Waals surface area contributed by atoms with Crippen molar-refractivity contribution in [2.75, 3.05) is 19.6 Å². The molecule has 0 radical (unpaired) electrons. The van der Waals surface area contributed by atoms with Crippen molar-refractivity contribution in [2.24, 2.45) is 5.92 Å². The van der Waals surface area contributed by atoms with Gasteiger partial charge in [0.25, 0.3) is 0 Å². The van der Waals surface area contributed by atoms with Gasteiger partial charge in [-0.05, 0) is 32.1 Å². The molecule has 4 nitrogen and oxygen atoms in total. The second kappa shape index (κ2) is 9.06. The number of carbonyl (C=O) groups excluding carboxylic acids is 2. The van der Waals surface area contributed by atoms with Gasteiger partial charge < -0.3 is 10.2 Å². The van der Waals surface area contributed by atoms with Crippen LogP contribution in [0.1, 0.15) is 70.6 Å². The van der Waals surface area contributed by atoms with Gasteiger partial charge in [0.2, 0.25) is 11.8 Å². The minimum atomic E-state index is 0.229. The molecule has 1 aliphatic carbocycles. The third-order valence-electron chi connectivity index (χ3n) is 4.80. The Labute approximate surface area is 128 Å². The van der Waals surface area contributed by atoms with E-state index in [9.17, 15) is 9.59 Å². The molecule has 0 aromatic rings. The first kappa shape index (κ1) is 16.3. The molecule has 0 spiro atoms. The average molecular weight is 294 g/mol. The van der Waals surface area contributed by atoms with Crippen LogP contribution in [0.3, 0.4) is 0 Å². The quantitative estimate of drug-likeness (QED) is 0.626. The number of likely N-dealkylation sites (tertiary alicyclic amines) is 1. The number of amides is 2. The van der Waals surface area contributed by atoms with Crippen LogP contribution in [0, 0.1) is 5.92 Å². The maximum absolute atomic E-state index is 12.1. The van der Waals surface area contributed by atoms with Crippen LogP contribution in [0.4, 0.5) is 0 Å². The fraction of sp³-hybridized carbons (Fsp3) is 0.882. The average Bonchev–Trinajstić information content (AvgIpc) is 2.87. The lowest BCUT2D eigenvalue weighted by atomic mass is 9.99. The normalized spacial score (nSPS) is 21.7. The number of hydrogen-bond donors (Lipinski definition) is 1. The third kappa shape index (κ3) is 5.68. The van der Waals surface area contributed by atoms with E-state index < -0.39 is 0 Å². The monoisotopic (exact) mass is 294 g/mol. The van der Waals surface area contributed by atoms with E-state index in [4.69, 9.17) is 0 Å². The molecular weight excluding hydrogens is 264 g/mol. The molecule has 1 saturated carbocycles. The fourth-order valence-corrected chi connectivity index (χ4v) is 3.44. The number of hydrogen-bond acceptors (Lipinski definition) is 2. The van der Waals surface area contributed by atoms with Crippen LogP contribution in [0.2, 0.25) is 0 Å². The molecule has 120 valence electrons. The van der Waals surface area contributed by atoms with Crippen molar-refractivity contribution >= 4 is 11.8 Å². The highest BCUT2D eigenvalue weighted by Crippen LogP contribution is 2.22. The summed E-state index contributed by atoms with van der Waals surface area (Å²) < 4.78 is 0. The zero-order valence-electron chi connectivity index (χ0n) is 13.2. The summed E-state index contributed by atoms with van der Waals surface area (Å²) >= 11 is 0. The molecule has 0 aromatic heterocycles. The summed E-state index contributed by atoms with van der Waals surface area (Å²) in [4.78, 5) is 26.0. The van der Waals surface area contributed by atoms with E-state index >= 15 is 0 Å². The zero-order chi connectivity index (χ0) is 14.9. The maximum atomic E-state index is 12.1. The summed E-state index contributed by atoms with van der Waals surface area (Å²) in [6.07, 6.45) is 12.0. The van der Waals surface area contributed by atoms with Gasteiger partial charge in [0.1, 0.15) is 0 Å². The topological polar surface area (TPSA) is 49.4 Å². The van der Waals surface area contributed by atoms with Gasteiger partial charge in [-0.3, -0.25) is 9.59 Å². The van der Waals surface area contributed by atoms with Crippen molar-refractivity contribution in [2.45, 2.75) is 70.6 Å². The zero-order valence-corrected chi connectivity index (χ0v) is 13.2. The van der Waals surface area contributed by atoms with Gasteiger partial charge >= 0.3 is 0 Å². The molecule has 2 rings (SSSR count). The Morgan fingerprint density at radius 2 is 1.76 bits per heavy atom. The highest BCUT2D eigenvalue weighted by Gasteiger charge is 2.20. The van der Waals surface area contributed by atoms with Gasteiger partial charge in [-0.15, -0.1) is 0 Å².